The molecule has 1 saturated heterocycles. The smallest absolute Gasteiger partial charge is 0.253 e. The van der Waals surface area contributed by atoms with Crippen molar-refractivity contribution < 1.29 is 14.4 Å². The van der Waals surface area contributed by atoms with E-state index in [-0.39, 0.29) is 17.7 Å². The van der Waals surface area contributed by atoms with Gasteiger partial charge in [0.05, 0.1) is 16.5 Å². The molecule has 2 atom stereocenters. The molecule has 0 radical (unpaired) electrons. The number of aromatic amines is 1. The maximum atomic E-state index is 13.7. The number of hydrogen-bond acceptors (Lipinski definition) is 3. The summed E-state index contributed by atoms with van der Waals surface area (Å²) in [4.78, 5) is 44.1. The Morgan fingerprint density at radius 2 is 1.91 bits per heavy atom. The summed E-state index contributed by atoms with van der Waals surface area (Å²) in [5.74, 6) is -0.875. The predicted octanol–water partition coefficient (Wildman–Crippen LogP) is 3.54. The first kappa shape index (κ1) is 23.8. The molecule has 7 nitrogen and oxygen atoms in total. The van der Waals surface area contributed by atoms with E-state index in [0.29, 0.717) is 36.6 Å². The molecule has 178 valence electrons. The third-order valence-corrected chi connectivity index (χ3v) is 6.61. The molecule has 0 aliphatic carbocycles. The zero-order valence-corrected chi connectivity index (χ0v) is 19.9. The predicted molar refractivity (Wildman–Crippen MR) is 133 cm³/mol. The van der Waals surface area contributed by atoms with Gasteiger partial charge in [0.15, 0.2) is 0 Å². The van der Waals surface area contributed by atoms with Crippen molar-refractivity contribution in [3.8, 4) is 0 Å². The summed E-state index contributed by atoms with van der Waals surface area (Å²) in [6.07, 6.45) is 3.68. The van der Waals surface area contributed by atoms with Crippen molar-refractivity contribution in [1.82, 2.24) is 20.5 Å². The first-order chi connectivity index (χ1) is 16.5. The molecule has 0 bridgehead atoms. The molecule has 34 heavy (non-hydrogen) atoms. The molecule has 2 heterocycles. The summed E-state index contributed by atoms with van der Waals surface area (Å²) in [5.41, 5.74) is 2.22. The molecule has 2 aromatic carbocycles. The number of aromatic nitrogens is 1. The number of nitrogens with zero attached hydrogens (tertiary/aromatic N) is 1. The lowest BCUT2D eigenvalue weighted by atomic mass is 9.95. The van der Waals surface area contributed by atoms with Crippen molar-refractivity contribution in [3.05, 3.63) is 70.9 Å². The largest absolute Gasteiger partial charge is 0.361 e. The minimum Gasteiger partial charge on any atom is -0.361 e. The van der Waals surface area contributed by atoms with Crippen LogP contribution in [0.15, 0.2) is 54.7 Å². The van der Waals surface area contributed by atoms with E-state index in [1.54, 1.807) is 29.2 Å². The highest BCUT2D eigenvalue weighted by molar-refractivity contribution is 6.33. The molecule has 1 aliphatic heterocycles. The molecular formula is C26H29ClN4O3. The number of amides is 3. The van der Waals surface area contributed by atoms with Crippen molar-refractivity contribution in [3.63, 3.8) is 0 Å². The Morgan fingerprint density at radius 1 is 1.15 bits per heavy atom. The van der Waals surface area contributed by atoms with Gasteiger partial charge in [-0.1, -0.05) is 41.9 Å². The van der Waals surface area contributed by atoms with Gasteiger partial charge in [0.2, 0.25) is 11.8 Å². The standard InChI is InChI=1S/C26H29ClN4O3/c1-2-28-24(32)17-8-7-13-31(16-17)26(34)23(30-25(33)20-10-3-5-11-21(20)27)14-18-15-29-22-12-6-4-9-19(18)22/h3-6,9-12,15,17,23,29H,2,7-8,13-14,16H2,1H3,(H,28,32)(H,30,33). The number of carbonyl (C=O) groups is 3. The molecule has 0 spiro atoms. The molecule has 3 aromatic rings. The van der Waals surface area contributed by atoms with Crippen LogP contribution >= 0.6 is 11.6 Å². The van der Waals surface area contributed by atoms with E-state index in [9.17, 15) is 14.4 Å². The Labute approximate surface area is 203 Å². The van der Waals surface area contributed by atoms with Gasteiger partial charge < -0.3 is 20.5 Å². The number of rotatable bonds is 7. The molecule has 0 saturated carbocycles. The number of benzene rings is 2. The minimum absolute atomic E-state index is 0.0340. The van der Waals surface area contributed by atoms with Crippen molar-refractivity contribution >= 4 is 40.2 Å². The lowest BCUT2D eigenvalue weighted by Crippen LogP contribution is -2.53. The molecule has 8 heteroatoms. The Bertz CT molecular complexity index is 1190. The average molecular weight is 481 g/mol. The first-order valence-electron chi connectivity index (χ1n) is 11.6. The van der Waals surface area contributed by atoms with Crippen LogP contribution in [0.1, 0.15) is 35.7 Å². The fourth-order valence-electron chi connectivity index (χ4n) is 4.53. The second kappa shape index (κ2) is 10.7. The quantitative estimate of drug-likeness (QED) is 0.482. The van der Waals surface area contributed by atoms with Crippen molar-refractivity contribution in [2.45, 2.75) is 32.2 Å². The molecule has 1 aliphatic rings. The van der Waals surface area contributed by atoms with Crippen LogP contribution in [0.25, 0.3) is 10.9 Å². The number of carbonyl (C=O) groups excluding carboxylic acids is 3. The van der Waals surface area contributed by atoms with Crippen molar-refractivity contribution in [1.29, 1.82) is 0 Å². The van der Waals surface area contributed by atoms with Gasteiger partial charge >= 0.3 is 0 Å². The molecule has 2 unspecified atom stereocenters. The van der Waals surface area contributed by atoms with E-state index < -0.39 is 11.9 Å². The normalized spacial score (nSPS) is 16.8. The van der Waals surface area contributed by atoms with Crippen molar-refractivity contribution in [2.75, 3.05) is 19.6 Å². The third-order valence-electron chi connectivity index (χ3n) is 6.28. The summed E-state index contributed by atoms with van der Waals surface area (Å²) in [6, 6.07) is 13.8. The summed E-state index contributed by atoms with van der Waals surface area (Å²) in [7, 11) is 0. The van der Waals surface area contributed by atoms with Crippen LogP contribution in [-0.4, -0.2) is 53.3 Å². The van der Waals surface area contributed by atoms with E-state index in [4.69, 9.17) is 11.6 Å². The molecule has 3 N–H and O–H groups in total. The number of nitrogens with one attached hydrogen (secondary N) is 3. The fourth-order valence-corrected chi connectivity index (χ4v) is 4.75. The Hall–Kier alpha value is -3.32. The van der Waals surface area contributed by atoms with Gasteiger partial charge in [-0.3, -0.25) is 14.4 Å². The molecule has 3 amide bonds. The summed E-state index contributed by atoms with van der Waals surface area (Å²) >= 11 is 6.23. The number of para-hydroxylation sites is 1. The van der Waals surface area contributed by atoms with E-state index in [0.717, 1.165) is 29.3 Å². The lowest BCUT2D eigenvalue weighted by Gasteiger charge is -2.34. The Morgan fingerprint density at radius 3 is 2.71 bits per heavy atom. The van der Waals surface area contributed by atoms with Gasteiger partial charge in [-0.2, -0.15) is 0 Å². The second-order valence-corrected chi connectivity index (χ2v) is 8.99. The van der Waals surface area contributed by atoms with E-state index in [1.807, 2.05) is 37.4 Å². The van der Waals surface area contributed by atoms with E-state index in [1.165, 1.54) is 0 Å². The molecule has 4 rings (SSSR count). The van der Waals surface area contributed by atoms with Crippen LogP contribution in [0.3, 0.4) is 0 Å². The summed E-state index contributed by atoms with van der Waals surface area (Å²) < 4.78 is 0. The van der Waals surface area contributed by atoms with Gasteiger partial charge in [-0.05, 0) is 43.5 Å². The second-order valence-electron chi connectivity index (χ2n) is 8.59. The highest BCUT2D eigenvalue weighted by atomic mass is 35.5. The Kier molecular flexibility index (Phi) is 7.53. The van der Waals surface area contributed by atoms with Gasteiger partial charge in [0, 0.05) is 43.2 Å². The summed E-state index contributed by atoms with van der Waals surface area (Å²) in [6.45, 7) is 3.34. The number of halogens is 1. The SMILES string of the molecule is CCNC(=O)C1CCCN(C(=O)C(Cc2c[nH]c3ccccc23)NC(=O)c2ccccc2Cl)C1. The van der Waals surface area contributed by atoms with Crippen LogP contribution in [0.2, 0.25) is 5.02 Å². The lowest BCUT2D eigenvalue weighted by molar-refractivity contribution is -0.137. The number of hydrogen-bond donors (Lipinski definition) is 3. The zero-order valence-electron chi connectivity index (χ0n) is 19.1. The van der Waals surface area contributed by atoms with Gasteiger partial charge in [-0.25, -0.2) is 0 Å². The average Bonchev–Trinajstić information content (AvgIpc) is 3.26. The van der Waals surface area contributed by atoms with Crippen LogP contribution in [0.4, 0.5) is 0 Å². The number of fused-ring (bicyclic) bond motifs is 1. The fraction of sp³-hybridized carbons (Fsp3) is 0.346. The van der Waals surface area contributed by atoms with Gasteiger partial charge in [0.25, 0.3) is 5.91 Å². The van der Waals surface area contributed by atoms with Gasteiger partial charge in [-0.15, -0.1) is 0 Å². The van der Waals surface area contributed by atoms with E-state index in [2.05, 4.69) is 15.6 Å². The highest BCUT2D eigenvalue weighted by Gasteiger charge is 2.33. The maximum Gasteiger partial charge on any atom is 0.253 e. The Balaban J connectivity index is 1.58. The number of H-pyrrole nitrogens is 1. The van der Waals surface area contributed by atoms with Crippen molar-refractivity contribution in [2.24, 2.45) is 5.92 Å². The topological polar surface area (TPSA) is 94.3 Å². The number of likely N-dealkylation sites (tertiary alicyclic amines) is 1. The van der Waals surface area contributed by atoms with Crippen LogP contribution in [0, 0.1) is 5.92 Å². The molecular weight excluding hydrogens is 452 g/mol. The molecule has 1 fully saturated rings. The first-order valence-corrected chi connectivity index (χ1v) is 12.0. The monoisotopic (exact) mass is 480 g/mol. The maximum absolute atomic E-state index is 13.7. The molecule has 1 aromatic heterocycles. The van der Waals surface area contributed by atoms with Crippen LogP contribution in [-0.2, 0) is 16.0 Å². The van der Waals surface area contributed by atoms with Crippen LogP contribution in [0.5, 0.6) is 0 Å². The third kappa shape index (κ3) is 5.25. The van der Waals surface area contributed by atoms with Gasteiger partial charge in [0.1, 0.15) is 6.04 Å². The highest BCUT2D eigenvalue weighted by Crippen LogP contribution is 2.23. The summed E-state index contributed by atoms with van der Waals surface area (Å²) in [5, 5.41) is 7.10. The van der Waals surface area contributed by atoms with Crippen LogP contribution < -0.4 is 10.6 Å². The van der Waals surface area contributed by atoms with E-state index >= 15 is 0 Å². The minimum atomic E-state index is -0.795. The zero-order chi connectivity index (χ0) is 24.1. The number of piperidine rings is 1.